The fourth-order valence-electron chi connectivity index (χ4n) is 3.70. The van der Waals surface area contributed by atoms with Crippen LogP contribution < -0.4 is 5.32 Å². The molecule has 0 unspecified atom stereocenters. The number of hydrogen-bond donors (Lipinski definition) is 1. The molecule has 2 heterocycles. The van der Waals surface area contributed by atoms with Crippen molar-refractivity contribution in [2.45, 2.75) is 33.4 Å². The standard InChI is InChI=1S/C22H23N3O/c1-15-10-11-19(16(2)13-15)23-22(26)25-14-18-7-4-5-8-21(18)24-12-6-9-20(24)17(25)3/h4-13,17H,14H2,1-3H3,(H,23,26)/t17-/m1/s1. The maximum Gasteiger partial charge on any atom is 0.322 e. The zero-order valence-corrected chi connectivity index (χ0v) is 15.4. The first kappa shape index (κ1) is 16.5. The number of carbonyl (C=O) groups excluding carboxylic acids is 1. The van der Waals surface area contributed by atoms with Crippen LogP contribution in [0, 0.1) is 13.8 Å². The van der Waals surface area contributed by atoms with E-state index in [1.807, 2.05) is 42.2 Å². The SMILES string of the molecule is Cc1ccc(NC(=O)N2Cc3ccccc3-n3cccc3[C@H]2C)c(C)c1. The van der Waals surface area contributed by atoms with E-state index >= 15 is 0 Å². The van der Waals surface area contributed by atoms with Crippen LogP contribution in [0.3, 0.4) is 0 Å². The van der Waals surface area contributed by atoms with Crippen LogP contribution in [0.25, 0.3) is 5.69 Å². The van der Waals surface area contributed by atoms with Gasteiger partial charge in [-0.25, -0.2) is 4.79 Å². The van der Waals surface area contributed by atoms with Gasteiger partial charge in [0.2, 0.25) is 0 Å². The molecule has 4 nitrogen and oxygen atoms in total. The summed E-state index contributed by atoms with van der Waals surface area (Å²) >= 11 is 0. The Labute approximate surface area is 154 Å². The molecule has 1 aromatic heterocycles. The van der Waals surface area contributed by atoms with E-state index in [4.69, 9.17) is 0 Å². The van der Waals surface area contributed by atoms with Gasteiger partial charge in [0.15, 0.2) is 0 Å². The van der Waals surface area contributed by atoms with Gasteiger partial charge in [0.05, 0.1) is 18.3 Å². The van der Waals surface area contributed by atoms with Crippen molar-refractivity contribution in [3.8, 4) is 5.69 Å². The number of anilines is 1. The van der Waals surface area contributed by atoms with E-state index in [9.17, 15) is 4.79 Å². The van der Waals surface area contributed by atoms with E-state index in [-0.39, 0.29) is 12.1 Å². The normalized spacial score (nSPS) is 15.8. The van der Waals surface area contributed by atoms with E-state index in [1.54, 1.807) is 0 Å². The fourth-order valence-corrected chi connectivity index (χ4v) is 3.70. The molecule has 132 valence electrons. The van der Waals surface area contributed by atoms with Gasteiger partial charge < -0.3 is 14.8 Å². The average Bonchev–Trinajstić information content (AvgIpc) is 3.07. The molecule has 0 saturated carbocycles. The Kier molecular flexibility index (Phi) is 4.03. The van der Waals surface area contributed by atoms with Crippen molar-refractivity contribution in [3.05, 3.63) is 83.2 Å². The van der Waals surface area contributed by atoms with Crippen LogP contribution in [0.5, 0.6) is 0 Å². The predicted molar refractivity (Wildman–Crippen MR) is 105 cm³/mol. The molecule has 1 aliphatic rings. The van der Waals surface area contributed by atoms with Gasteiger partial charge in [-0.2, -0.15) is 0 Å². The smallest absolute Gasteiger partial charge is 0.318 e. The Morgan fingerprint density at radius 3 is 2.69 bits per heavy atom. The molecule has 1 N–H and O–H groups in total. The summed E-state index contributed by atoms with van der Waals surface area (Å²) in [5.74, 6) is 0. The monoisotopic (exact) mass is 345 g/mol. The van der Waals surface area contributed by atoms with E-state index in [2.05, 4.69) is 54.2 Å². The second kappa shape index (κ2) is 6.37. The number of benzene rings is 2. The number of amides is 2. The Hall–Kier alpha value is -3.01. The van der Waals surface area contributed by atoms with Crippen LogP contribution in [-0.2, 0) is 6.54 Å². The molecule has 26 heavy (non-hydrogen) atoms. The topological polar surface area (TPSA) is 37.3 Å². The van der Waals surface area contributed by atoms with Crippen molar-refractivity contribution < 1.29 is 4.79 Å². The molecule has 0 fully saturated rings. The highest BCUT2D eigenvalue weighted by Crippen LogP contribution is 2.32. The number of aryl methyl sites for hydroxylation is 2. The molecular weight excluding hydrogens is 322 g/mol. The molecule has 0 radical (unpaired) electrons. The zero-order chi connectivity index (χ0) is 18.3. The van der Waals surface area contributed by atoms with Crippen LogP contribution >= 0.6 is 0 Å². The molecule has 1 aliphatic heterocycles. The third-order valence-corrected chi connectivity index (χ3v) is 5.15. The number of para-hydroxylation sites is 1. The molecular formula is C22H23N3O. The van der Waals surface area contributed by atoms with Gasteiger partial charge in [0.25, 0.3) is 0 Å². The van der Waals surface area contributed by atoms with E-state index in [0.29, 0.717) is 6.54 Å². The molecule has 4 rings (SSSR count). The average molecular weight is 345 g/mol. The first-order chi connectivity index (χ1) is 12.5. The number of fused-ring (bicyclic) bond motifs is 3. The summed E-state index contributed by atoms with van der Waals surface area (Å²) in [6.07, 6.45) is 2.07. The van der Waals surface area contributed by atoms with Gasteiger partial charge >= 0.3 is 6.03 Å². The quantitative estimate of drug-likeness (QED) is 0.646. The number of hydrogen-bond acceptors (Lipinski definition) is 1. The van der Waals surface area contributed by atoms with Gasteiger partial charge in [-0.3, -0.25) is 0 Å². The van der Waals surface area contributed by atoms with Crippen molar-refractivity contribution in [1.82, 2.24) is 9.47 Å². The van der Waals surface area contributed by atoms with Crippen LogP contribution in [-0.4, -0.2) is 15.5 Å². The van der Waals surface area contributed by atoms with Crippen LogP contribution in [0.2, 0.25) is 0 Å². The number of rotatable bonds is 1. The number of urea groups is 1. The lowest BCUT2D eigenvalue weighted by molar-refractivity contribution is 0.189. The van der Waals surface area contributed by atoms with Gasteiger partial charge in [-0.05, 0) is 56.2 Å². The van der Waals surface area contributed by atoms with Crippen molar-refractivity contribution in [3.63, 3.8) is 0 Å². The number of nitrogens with zero attached hydrogens (tertiary/aromatic N) is 2. The Balaban J connectivity index is 1.70. The van der Waals surface area contributed by atoms with Crippen LogP contribution in [0.15, 0.2) is 60.8 Å². The molecule has 1 atom stereocenters. The first-order valence-corrected chi connectivity index (χ1v) is 8.95. The highest BCUT2D eigenvalue weighted by molar-refractivity contribution is 5.90. The van der Waals surface area contributed by atoms with Crippen molar-refractivity contribution in [1.29, 1.82) is 0 Å². The second-order valence-electron chi connectivity index (χ2n) is 6.98. The molecule has 2 amide bonds. The molecule has 2 aromatic carbocycles. The Morgan fingerprint density at radius 1 is 1.08 bits per heavy atom. The van der Waals surface area contributed by atoms with E-state index in [1.165, 1.54) is 5.56 Å². The van der Waals surface area contributed by atoms with Crippen molar-refractivity contribution in [2.24, 2.45) is 0 Å². The minimum atomic E-state index is -0.0751. The van der Waals surface area contributed by atoms with E-state index < -0.39 is 0 Å². The maximum absolute atomic E-state index is 13.1. The minimum Gasteiger partial charge on any atom is -0.318 e. The Morgan fingerprint density at radius 2 is 1.88 bits per heavy atom. The third kappa shape index (κ3) is 2.77. The van der Waals surface area contributed by atoms with Gasteiger partial charge in [-0.15, -0.1) is 0 Å². The molecule has 0 bridgehead atoms. The maximum atomic E-state index is 13.1. The lowest BCUT2D eigenvalue weighted by Gasteiger charge is -2.28. The summed E-state index contributed by atoms with van der Waals surface area (Å²) in [7, 11) is 0. The van der Waals surface area contributed by atoms with E-state index in [0.717, 1.165) is 28.2 Å². The van der Waals surface area contributed by atoms with Gasteiger partial charge in [0, 0.05) is 17.6 Å². The summed E-state index contributed by atoms with van der Waals surface area (Å²) in [5, 5.41) is 3.10. The molecule has 0 spiro atoms. The molecule has 0 saturated heterocycles. The predicted octanol–water partition coefficient (Wildman–Crippen LogP) is 5.20. The van der Waals surface area contributed by atoms with Crippen molar-refractivity contribution in [2.75, 3.05) is 5.32 Å². The lowest BCUT2D eigenvalue weighted by atomic mass is 10.1. The number of carbonyl (C=O) groups is 1. The van der Waals surface area contributed by atoms with Gasteiger partial charge in [-0.1, -0.05) is 35.9 Å². The molecule has 4 heteroatoms. The summed E-state index contributed by atoms with van der Waals surface area (Å²) < 4.78 is 2.18. The highest BCUT2D eigenvalue weighted by atomic mass is 16.2. The second-order valence-corrected chi connectivity index (χ2v) is 6.98. The summed E-state index contributed by atoms with van der Waals surface area (Å²) in [6.45, 7) is 6.74. The Bertz CT molecular complexity index is 973. The molecule has 3 aromatic rings. The fraction of sp³-hybridized carbons (Fsp3) is 0.227. The summed E-state index contributed by atoms with van der Waals surface area (Å²) in [6, 6.07) is 18.4. The highest BCUT2D eigenvalue weighted by Gasteiger charge is 2.28. The van der Waals surface area contributed by atoms with Crippen LogP contribution in [0.4, 0.5) is 10.5 Å². The van der Waals surface area contributed by atoms with Crippen LogP contribution in [0.1, 0.15) is 35.3 Å². The summed E-state index contributed by atoms with van der Waals surface area (Å²) in [5.41, 5.74) is 6.53. The number of aromatic nitrogens is 1. The van der Waals surface area contributed by atoms with Crippen molar-refractivity contribution >= 4 is 11.7 Å². The molecule has 0 aliphatic carbocycles. The summed E-state index contributed by atoms with van der Waals surface area (Å²) in [4.78, 5) is 15.0. The largest absolute Gasteiger partial charge is 0.322 e. The third-order valence-electron chi connectivity index (χ3n) is 5.15. The lowest BCUT2D eigenvalue weighted by Crippen LogP contribution is -2.36. The number of nitrogens with one attached hydrogen (secondary N) is 1. The zero-order valence-electron chi connectivity index (χ0n) is 15.4. The minimum absolute atomic E-state index is 0.0249. The first-order valence-electron chi connectivity index (χ1n) is 8.95. The van der Waals surface area contributed by atoms with Gasteiger partial charge in [0.1, 0.15) is 0 Å².